The molecule has 0 N–H and O–H groups in total. The van der Waals surface area contributed by atoms with Gasteiger partial charge < -0.3 is 9.47 Å². The van der Waals surface area contributed by atoms with E-state index < -0.39 is 0 Å². The van der Waals surface area contributed by atoms with E-state index in [0.717, 1.165) is 19.3 Å². The van der Waals surface area contributed by atoms with Gasteiger partial charge in [0.15, 0.2) is 6.29 Å². The van der Waals surface area contributed by atoms with Crippen LogP contribution in [-0.4, -0.2) is 12.4 Å². The first-order valence-electron chi connectivity index (χ1n) is 6.56. The molecule has 1 fully saturated rings. The summed E-state index contributed by atoms with van der Waals surface area (Å²) in [6.07, 6.45) is 3.11. The Labute approximate surface area is 104 Å². The van der Waals surface area contributed by atoms with Gasteiger partial charge in [-0.1, -0.05) is 44.2 Å². The monoisotopic (exact) mass is 234 g/mol. The van der Waals surface area contributed by atoms with Gasteiger partial charge in [0.1, 0.15) is 0 Å². The van der Waals surface area contributed by atoms with E-state index in [-0.39, 0.29) is 11.9 Å². The fourth-order valence-electron chi connectivity index (χ4n) is 2.46. The smallest absolute Gasteiger partial charge is 0.158 e. The molecule has 1 aliphatic rings. The topological polar surface area (TPSA) is 18.5 Å². The summed E-state index contributed by atoms with van der Waals surface area (Å²) < 4.78 is 12.0. The predicted octanol–water partition coefficient (Wildman–Crippen LogP) is 3.85. The molecule has 1 aromatic carbocycles. The highest BCUT2D eigenvalue weighted by molar-refractivity contribution is 5.22. The first-order chi connectivity index (χ1) is 8.18. The Morgan fingerprint density at radius 1 is 1.18 bits per heavy atom. The van der Waals surface area contributed by atoms with E-state index in [1.165, 1.54) is 5.56 Å². The molecule has 0 aliphatic carbocycles. The predicted molar refractivity (Wildman–Crippen MR) is 68.7 cm³/mol. The normalized spacial score (nSPS) is 33.6. The number of ether oxygens (including phenoxy) is 2. The van der Waals surface area contributed by atoms with E-state index in [0.29, 0.717) is 6.10 Å². The summed E-state index contributed by atoms with van der Waals surface area (Å²) >= 11 is 0. The van der Waals surface area contributed by atoms with Gasteiger partial charge in [-0.2, -0.15) is 0 Å². The molecule has 2 rings (SSSR count). The van der Waals surface area contributed by atoms with E-state index in [2.05, 4.69) is 45.0 Å². The highest BCUT2D eigenvalue weighted by Gasteiger charge is 2.38. The lowest BCUT2D eigenvalue weighted by molar-refractivity contribution is -0.283. The summed E-state index contributed by atoms with van der Waals surface area (Å²) in [6, 6.07) is 10.5. The highest BCUT2D eigenvalue weighted by Crippen LogP contribution is 2.38. The summed E-state index contributed by atoms with van der Waals surface area (Å²) in [4.78, 5) is 0. The highest BCUT2D eigenvalue weighted by atomic mass is 16.7. The molecule has 17 heavy (non-hydrogen) atoms. The zero-order chi connectivity index (χ0) is 12.3. The molecule has 0 amide bonds. The van der Waals surface area contributed by atoms with Crippen LogP contribution in [0, 0.1) is 0 Å². The lowest BCUT2D eigenvalue weighted by atomic mass is 9.88. The van der Waals surface area contributed by atoms with Crippen molar-refractivity contribution < 1.29 is 9.47 Å². The minimum absolute atomic E-state index is 0.0705. The standard InChI is InChI=1S/C15H22O2/c1-4-13-11-15(3,17-14(5-2)16-13)12-9-7-6-8-10-12/h6-10,13-14H,4-5,11H2,1-3H3/t13-,14-,15+/m1/s1. The van der Waals surface area contributed by atoms with Crippen LogP contribution < -0.4 is 0 Å². The third-order valence-electron chi connectivity index (χ3n) is 3.53. The fourth-order valence-corrected chi connectivity index (χ4v) is 2.46. The van der Waals surface area contributed by atoms with Gasteiger partial charge in [0, 0.05) is 6.42 Å². The second-order valence-corrected chi connectivity index (χ2v) is 4.92. The Morgan fingerprint density at radius 3 is 2.47 bits per heavy atom. The van der Waals surface area contributed by atoms with Gasteiger partial charge in [-0.3, -0.25) is 0 Å². The molecule has 3 atom stereocenters. The van der Waals surface area contributed by atoms with Crippen molar-refractivity contribution in [2.45, 2.75) is 58.0 Å². The number of hydrogen-bond acceptors (Lipinski definition) is 2. The molecule has 0 unspecified atom stereocenters. The van der Waals surface area contributed by atoms with Gasteiger partial charge in [0.25, 0.3) is 0 Å². The molecule has 1 heterocycles. The van der Waals surface area contributed by atoms with Crippen molar-refractivity contribution in [3.8, 4) is 0 Å². The summed E-state index contributed by atoms with van der Waals surface area (Å²) in [6.45, 7) is 6.46. The third kappa shape index (κ3) is 2.70. The Morgan fingerprint density at radius 2 is 1.88 bits per heavy atom. The second-order valence-electron chi connectivity index (χ2n) is 4.92. The first kappa shape index (κ1) is 12.6. The minimum Gasteiger partial charge on any atom is -0.349 e. The molecular weight excluding hydrogens is 212 g/mol. The van der Waals surface area contributed by atoms with Crippen molar-refractivity contribution >= 4 is 0 Å². The first-order valence-corrected chi connectivity index (χ1v) is 6.56. The van der Waals surface area contributed by atoms with Crippen LogP contribution in [0.15, 0.2) is 30.3 Å². The zero-order valence-corrected chi connectivity index (χ0v) is 11.0. The second kappa shape index (κ2) is 5.19. The van der Waals surface area contributed by atoms with Gasteiger partial charge in [-0.25, -0.2) is 0 Å². The maximum absolute atomic E-state index is 6.12. The van der Waals surface area contributed by atoms with Crippen LogP contribution >= 0.6 is 0 Å². The lowest BCUT2D eigenvalue weighted by Gasteiger charge is -2.42. The molecule has 2 heteroatoms. The van der Waals surface area contributed by atoms with E-state index >= 15 is 0 Å². The number of hydrogen-bond donors (Lipinski definition) is 0. The molecule has 1 saturated heterocycles. The van der Waals surface area contributed by atoms with Gasteiger partial charge >= 0.3 is 0 Å². The van der Waals surface area contributed by atoms with Crippen molar-refractivity contribution in [2.24, 2.45) is 0 Å². The molecule has 0 radical (unpaired) electrons. The molecule has 94 valence electrons. The van der Waals surface area contributed by atoms with Crippen LogP contribution in [0.5, 0.6) is 0 Å². The Kier molecular flexibility index (Phi) is 3.85. The van der Waals surface area contributed by atoms with Crippen LogP contribution in [0.25, 0.3) is 0 Å². The van der Waals surface area contributed by atoms with Crippen LogP contribution in [-0.2, 0) is 15.1 Å². The molecule has 1 aliphatic heterocycles. The third-order valence-corrected chi connectivity index (χ3v) is 3.53. The Bertz CT molecular complexity index is 335. The van der Waals surface area contributed by atoms with E-state index in [4.69, 9.17) is 9.47 Å². The molecule has 0 spiro atoms. The van der Waals surface area contributed by atoms with Crippen LogP contribution in [0.3, 0.4) is 0 Å². The van der Waals surface area contributed by atoms with Crippen LogP contribution in [0.2, 0.25) is 0 Å². The van der Waals surface area contributed by atoms with Crippen molar-refractivity contribution in [2.75, 3.05) is 0 Å². The van der Waals surface area contributed by atoms with Crippen LogP contribution in [0.1, 0.15) is 45.6 Å². The lowest BCUT2D eigenvalue weighted by Crippen LogP contribution is -2.43. The molecule has 0 saturated carbocycles. The fraction of sp³-hybridized carbons (Fsp3) is 0.600. The van der Waals surface area contributed by atoms with E-state index in [1.54, 1.807) is 0 Å². The minimum atomic E-state index is -0.207. The van der Waals surface area contributed by atoms with Crippen molar-refractivity contribution in [3.63, 3.8) is 0 Å². The van der Waals surface area contributed by atoms with Gasteiger partial charge in [-0.05, 0) is 25.3 Å². The maximum Gasteiger partial charge on any atom is 0.158 e. The maximum atomic E-state index is 6.12. The number of rotatable bonds is 3. The summed E-state index contributed by atoms with van der Waals surface area (Å²) in [5.74, 6) is 0. The van der Waals surface area contributed by atoms with Gasteiger partial charge in [-0.15, -0.1) is 0 Å². The summed E-state index contributed by atoms with van der Waals surface area (Å²) in [5.41, 5.74) is 1.04. The molecular formula is C15H22O2. The Balaban J connectivity index is 2.23. The van der Waals surface area contributed by atoms with Gasteiger partial charge in [0.05, 0.1) is 11.7 Å². The van der Waals surface area contributed by atoms with Gasteiger partial charge in [0.2, 0.25) is 0 Å². The molecule has 0 aromatic heterocycles. The quantitative estimate of drug-likeness (QED) is 0.790. The SMILES string of the molecule is CC[C@@H]1C[C@@](C)(c2ccccc2)O[C@H](CC)O1. The average molecular weight is 234 g/mol. The van der Waals surface area contributed by atoms with E-state index in [1.807, 2.05) is 6.07 Å². The van der Waals surface area contributed by atoms with Crippen molar-refractivity contribution in [1.29, 1.82) is 0 Å². The molecule has 2 nitrogen and oxygen atoms in total. The Hall–Kier alpha value is -0.860. The molecule has 0 bridgehead atoms. The van der Waals surface area contributed by atoms with Crippen molar-refractivity contribution in [1.82, 2.24) is 0 Å². The van der Waals surface area contributed by atoms with Crippen molar-refractivity contribution in [3.05, 3.63) is 35.9 Å². The summed E-state index contributed by atoms with van der Waals surface area (Å²) in [7, 11) is 0. The zero-order valence-electron chi connectivity index (χ0n) is 11.0. The largest absolute Gasteiger partial charge is 0.349 e. The number of benzene rings is 1. The van der Waals surface area contributed by atoms with E-state index in [9.17, 15) is 0 Å². The average Bonchev–Trinajstić information content (AvgIpc) is 2.39. The molecule has 1 aromatic rings. The van der Waals surface area contributed by atoms with Crippen LogP contribution in [0.4, 0.5) is 0 Å². The summed E-state index contributed by atoms with van der Waals surface area (Å²) in [5, 5.41) is 0.